The van der Waals surface area contributed by atoms with E-state index in [1.54, 1.807) is 19.2 Å². The minimum Gasteiger partial charge on any atom is -0.388 e. The minimum atomic E-state index is -0.873. The van der Waals surface area contributed by atoms with E-state index in [0.29, 0.717) is 5.56 Å². The summed E-state index contributed by atoms with van der Waals surface area (Å²) in [5.41, 5.74) is 0.451. The first-order valence-electron chi connectivity index (χ1n) is 5.80. The normalized spacial score (nSPS) is 16.3. The summed E-state index contributed by atoms with van der Waals surface area (Å²) in [5.74, 6) is -0.0238. The van der Waals surface area contributed by atoms with Gasteiger partial charge in [0.25, 0.3) is 5.91 Å². The van der Waals surface area contributed by atoms with Crippen molar-refractivity contribution in [3.05, 3.63) is 16.6 Å². The van der Waals surface area contributed by atoms with Gasteiger partial charge in [-0.05, 0) is 31.3 Å². The second-order valence-corrected chi connectivity index (χ2v) is 5.29. The lowest BCUT2D eigenvalue weighted by molar-refractivity contribution is 0.00592. The summed E-state index contributed by atoms with van der Waals surface area (Å²) < 4.78 is 4.05. The molecule has 96 valence electrons. The van der Waals surface area contributed by atoms with Crippen molar-refractivity contribution >= 4 is 17.4 Å². The summed E-state index contributed by atoms with van der Waals surface area (Å²) in [6.45, 7) is 7.81. The second-order valence-electron chi connectivity index (χ2n) is 4.66. The van der Waals surface area contributed by atoms with Gasteiger partial charge in [0, 0.05) is 11.9 Å². The molecule has 0 aromatic carbocycles. The van der Waals surface area contributed by atoms with E-state index in [9.17, 15) is 9.90 Å². The quantitative estimate of drug-likeness (QED) is 0.846. The van der Waals surface area contributed by atoms with E-state index >= 15 is 0 Å². The lowest BCUT2D eigenvalue weighted by Gasteiger charge is -2.29. The average Bonchev–Trinajstić information content (AvgIpc) is 2.71. The van der Waals surface area contributed by atoms with Crippen molar-refractivity contribution in [1.29, 1.82) is 0 Å². The van der Waals surface area contributed by atoms with Crippen LogP contribution in [0.2, 0.25) is 0 Å². The molecule has 2 N–H and O–H groups in total. The number of hydrogen-bond acceptors (Lipinski definition) is 4. The van der Waals surface area contributed by atoms with Gasteiger partial charge in [0.15, 0.2) is 0 Å². The van der Waals surface area contributed by atoms with Gasteiger partial charge in [0.1, 0.15) is 0 Å². The number of carbonyl (C=O) groups is 1. The molecule has 2 unspecified atom stereocenters. The molecule has 1 rings (SSSR count). The van der Waals surface area contributed by atoms with Gasteiger partial charge >= 0.3 is 0 Å². The van der Waals surface area contributed by atoms with Crippen molar-refractivity contribution < 1.29 is 9.90 Å². The summed E-state index contributed by atoms with van der Waals surface area (Å²) >= 11 is 1.27. The van der Waals surface area contributed by atoms with Gasteiger partial charge in [-0.2, -0.15) is 4.37 Å². The lowest BCUT2D eigenvalue weighted by Crippen LogP contribution is -2.45. The molecule has 17 heavy (non-hydrogen) atoms. The summed E-state index contributed by atoms with van der Waals surface area (Å²) in [5, 5.41) is 14.7. The van der Waals surface area contributed by atoms with Crippen LogP contribution < -0.4 is 5.32 Å². The first kappa shape index (κ1) is 14.1. The number of rotatable bonds is 5. The lowest BCUT2D eigenvalue weighted by atomic mass is 9.88. The molecule has 1 amide bonds. The highest BCUT2D eigenvalue weighted by atomic mass is 32.1. The number of carbonyl (C=O) groups excluding carboxylic acids is 1. The van der Waals surface area contributed by atoms with E-state index in [4.69, 9.17) is 0 Å². The molecule has 0 aliphatic carbocycles. The molecule has 1 heterocycles. The topological polar surface area (TPSA) is 62.2 Å². The van der Waals surface area contributed by atoms with E-state index in [0.717, 1.165) is 12.1 Å². The third-order valence-electron chi connectivity index (χ3n) is 3.28. The van der Waals surface area contributed by atoms with Gasteiger partial charge in [-0.1, -0.05) is 20.3 Å². The zero-order valence-electron chi connectivity index (χ0n) is 10.8. The van der Waals surface area contributed by atoms with Gasteiger partial charge in [-0.25, -0.2) is 0 Å². The van der Waals surface area contributed by atoms with Gasteiger partial charge in [0.05, 0.1) is 16.9 Å². The fraction of sp³-hybridized carbons (Fsp3) is 0.667. The summed E-state index contributed by atoms with van der Waals surface area (Å²) in [6.07, 6.45) is 0.877. The number of nitrogens with zero attached hydrogens (tertiary/aromatic N) is 1. The fourth-order valence-corrected chi connectivity index (χ4v) is 2.17. The van der Waals surface area contributed by atoms with E-state index in [1.165, 1.54) is 11.5 Å². The highest BCUT2D eigenvalue weighted by Crippen LogP contribution is 2.19. The van der Waals surface area contributed by atoms with Crippen LogP contribution in [-0.4, -0.2) is 27.5 Å². The Hall–Kier alpha value is -0.940. The van der Waals surface area contributed by atoms with Crippen molar-refractivity contribution in [2.24, 2.45) is 5.92 Å². The van der Waals surface area contributed by atoms with E-state index in [-0.39, 0.29) is 18.4 Å². The number of amides is 1. The van der Waals surface area contributed by atoms with Crippen LogP contribution in [0.1, 0.15) is 43.2 Å². The molecule has 0 radical (unpaired) electrons. The number of aryl methyl sites for hydroxylation is 1. The number of aromatic nitrogens is 1. The van der Waals surface area contributed by atoms with Gasteiger partial charge in [-0.15, -0.1) is 0 Å². The van der Waals surface area contributed by atoms with Gasteiger partial charge < -0.3 is 10.4 Å². The largest absolute Gasteiger partial charge is 0.388 e. The van der Waals surface area contributed by atoms with Crippen LogP contribution >= 0.6 is 11.5 Å². The maximum Gasteiger partial charge on any atom is 0.254 e. The molecular formula is C12H20N2O2S. The Labute approximate surface area is 106 Å². The van der Waals surface area contributed by atoms with Gasteiger partial charge in [-0.3, -0.25) is 4.79 Å². The number of nitrogens with one attached hydrogen (secondary N) is 1. The van der Waals surface area contributed by atoms with Crippen LogP contribution in [0, 0.1) is 12.8 Å². The molecule has 1 aromatic heterocycles. The van der Waals surface area contributed by atoms with E-state index in [1.807, 2.05) is 13.8 Å². The molecule has 0 spiro atoms. The highest BCUT2D eigenvalue weighted by molar-refractivity contribution is 7.03. The maximum absolute atomic E-state index is 11.8. The third kappa shape index (κ3) is 3.51. The molecule has 4 nitrogen and oxygen atoms in total. The van der Waals surface area contributed by atoms with E-state index < -0.39 is 5.60 Å². The molecule has 2 atom stereocenters. The third-order valence-corrected chi connectivity index (χ3v) is 4.00. The molecule has 0 saturated carbocycles. The minimum absolute atomic E-state index is 0.143. The summed E-state index contributed by atoms with van der Waals surface area (Å²) in [4.78, 5) is 11.8. The molecule has 5 heteroatoms. The molecule has 0 saturated heterocycles. The molecule has 0 bridgehead atoms. The highest BCUT2D eigenvalue weighted by Gasteiger charge is 2.27. The molecule has 0 aliphatic rings. The average molecular weight is 256 g/mol. The summed E-state index contributed by atoms with van der Waals surface area (Å²) in [6, 6.07) is 0. The standard InChI is InChI=1S/C12H20N2O2S/c1-5-8(2)12(4,16)7-13-11(15)10-6-17-14-9(10)3/h6,8,16H,5,7H2,1-4H3,(H,13,15). The van der Waals surface area contributed by atoms with Crippen LogP contribution in [-0.2, 0) is 0 Å². The maximum atomic E-state index is 11.8. The first-order valence-corrected chi connectivity index (χ1v) is 6.63. The van der Waals surface area contributed by atoms with Crippen LogP contribution in [0.5, 0.6) is 0 Å². The molecule has 0 aliphatic heterocycles. The fourth-order valence-electron chi connectivity index (χ4n) is 1.48. The number of aliphatic hydroxyl groups is 1. The zero-order chi connectivity index (χ0) is 13.1. The van der Waals surface area contributed by atoms with Crippen molar-refractivity contribution in [1.82, 2.24) is 9.69 Å². The second kappa shape index (κ2) is 5.60. The van der Waals surface area contributed by atoms with Crippen LogP contribution in [0.4, 0.5) is 0 Å². The summed E-state index contributed by atoms with van der Waals surface area (Å²) in [7, 11) is 0. The Morgan fingerprint density at radius 2 is 2.35 bits per heavy atom. The van der Waals surface area contributed by atoms with E-state index in [2.05, 4.69) is 9.69 Å². The predicted octanol–water partition coefficient (Wildman–Crippen LogP) is 1.98. The van der Waals surface area contributed by atoms with Crippen molar-refractivity contribution in [2.45, 2.75) is 39.7 Å². The van der Waals surface area contributed by atoms with Crippen molar-refractivity contribution in [2.75, 3.05) is 6.54 Å². The zero-order valence-corrected chi connectivity index (χ0v) is 11.6. The monoisotopic (exact) mass is 256 g/mol. The Balaban J connectivity index is 2.57. The molecule has 0 fully saturated rings. The Bertz CT molecular complexity index is 388. The van der Waals surface area contributed by atoms with Crippen molar-refractivity contribution in [3.8, 4) is 0 Å². The Morgan fingerprint density at radius 3 is 2.82 bits per heavy atom. The van der Waals surface area contributed by atoms with Crippen molar-refractivity contribution in [3.63, 3.8) is 0 Å². The smallest absolute Gasteiger partial charge is 0.254 e. The Kier molecular flexibility index (Phi) is 4.65. The van der Waals surface area contributed by atoms with Gasteiger partial charge in [0.2, 0.25) is 0 Å². The van der Waals surface area contributed by atoms with Crippen LogP contribution in [0.3, 0.4) is 0 Å². The number of hydrogen-bond donors (Lipinski definition) is 2. The van der Waals surface area contributed by atoms with Crippen LogP contribution in [0.15, 0.2) is 5.38 Å². The predicted molar refractivity (Wildman–Crippen MR) is 69.3 cm³/mol. The molecular weight excluding hydrogens is 236 g/mol. The first-order chi connectivity index (χ1) is 7.88. The Morgan fingerprint density at radius 1 is 1.71 bits per heavy atom. The molecule has 1 aromatic rings. The SMILES string of the molecule is CCC(C)C(C)(O)CNC(=O)c1csnc1C. The van der Waals surface area contributed by atoms with Crippen LogP contribution in [0.25, 0.3) is 0 Å².